The van der Waals surface area contributed by atoms with Crippen LogP contribution in [0.2, 0.25) is 0 Å². The van der Waals surface area contributed by atoms with Crippen molar-refractivity contribution in [2.24, 2.45) is 113 Å². The Morgan fingerprint density at radius 1 is 0.933 bits per heavy atom. The van der Waals surface area contributed by atoms with Crippen LogP contribution in [0.15, 0.2) is 35.5 Å². The highest BCUT2D eigenvalue weighted by atomic mass is 16.7. The van der Waals surface area contributed by atoms with Crippen LogP contribution in [0.3, 0.4) is 0 Å². The average molecular weight is 1240 g/mol. The van der Waals surface area contributed by atoms with E-state index in [2.05, 4.69) is 79.9 Å². The normalized spacial score (nSPS) is 47.3. The number of rotatable bonds is 15. The predicted molar refractivity (Wildman–Crippen MR) is 324 cm³/mol. The van der Waals surface area contributed by atoms with Crippen LogP contribution in [0.25, 0.3) is 0 Å². The van der Waals surface area contributed by atoms with Crippen molar-refractivity contribution in [3.05, 3.63) is 41.9 Å². The summed E-state index contributed by atoms with van der Waals surface area (Å²) < 4.78 is 13.0. The highest BCUT2D eigenvalue weighted by Gasteiger charge is 2.84. The summed E-state index contributed by atoms with van der Waals surface area (Å²) >= 11 is 0. The second-order valence-electron chi connectivity index (χ2n) is 30.3. The molecule has 490 valence electrons. The van der Waals surface area contributed by atoms with E-state index in [0.29, 0.717) is 95.4 Å². The molecule has 3 aliphatic heterocycles. The zero-order valence-electron chi connectivity index (χ0n) is 52.1. The molecule has 0 aromatic carbocycles. The number of carboxylic acid groups (broad SMARTS) is 1. The minimum absolute atomic E-state index is 0.0621. The number of hydrogen-bond acceptors (Lipinski definition) is 18. The molecule has 2 aromatic rings. The van der Waals surface area contributed by atoms with Gasteiger partial charge in [-0.1, -0.05) is 64.0 Å². The maximum Gasteiger partial charge on any atom is 0.310 e. The Balaban J connectivity index is 1.04. The maximum absolute atomic E-state index is 16.0. The van der Waals surface area contributed by atoms with E-state index in [9.17, 15) is 50.8 Å². The van der Waals surface area contributed by atoms with E-state index >= 15 is 4.79 Å². The summed E-state index contributed by atoms with van der Waals surface area (Å²) in [6.07, 6.45) is 2.25. The lowest BCUT2D eigenvalue weighted by Gasteiger charge is -2.83. The first-order valence-electron chi connectivity index (χ1n) is 33.0. The van der Waals surface area contributed by atoms with Crippen molar-refractivity contribution >= 4 is 23.7 Å². The van der Waals surface area contributed by atoms with Gasteiger partial charge in [0, 0.05) is 92.3 Å². The van der Waals surface area contributed by atoms with Gasteiger partial charge < -0.3 is 98.1 Å². The molecular weight excluding hydrogens is 1140 g/mol. The third kappa shape index (κ3) is 8.57. The number of carbonyl (C=O) groups excluding carboxylic acids is 1. The van der Waals surface area contributed by atoms with Gasteiger partial charge in [0.25, 0.3) is 0 Å². The van der Waals surface area contributed by atoms with Crippen molar-refractivity contribution in [2.45, 2.75) is 172 Å². The van der Waals surface area contributed by atoms with Gasteiger partial charge in [-0.15, -0.1) is 0 Å². The average Bonchev–Trinajstić information content (AvgIpc) is 0.933. The fraction of sp³-hybridized carbons (Fsp3) is 0.800. The fourth-order valence-electron chi connectivity index (χ4n) is 23.3. The number of nitrogens with one attached hydrogen (secondary N) is 6. The highest BCUT2D eigenvalue weighted by Crippen LogP contribution is 2.87. The van der Waals surface area contributed by atoms with Crippen LogP contribution in [-0.4, -0.2) is 192 Å². The Hall–Kier alpha value is -4.75. The molecule has 5 heterocycles. The number of aliphatic imine (C=N–C) groups is 1. The monoisotopic (exact) mass is 1240 g/mol. The molecule has 19 N–H and O–H groups in total. The van der Waals surface area contributed by atoms with Crippen LogP contribution in [0, 0.1) is 108 Å². The fourth-order valence-corrected chi connectivity index (χ4v) is 23.3. The lowest BCUT2D eigenvalue weighted by atomic mass is 9.21. The first kappa shape index (κ1) is 63.0. The number of anilines is 1. The van der Waals surface area contributed by atoms with Gasteiger partial charge in [-0.3, -0.25) is 14.6 Å². The van der Waals surface area contributed by atoms with Gasteiger partial charge in [-0.05, 0) is 128 Å². The van der Waals surface area contributed by atoms with Crippen LogP contribution in [0.4, 0.5) is 5.82 Å². The molecule has 24 nitrogen and oxygen atoms in total. The number of amides is 1. The lowest BCUT2D eigenvalue weighted by Crippen LogP contribution is -2.80. The number of aliphatic hydroxyl groups excluding tert-OH is 8. The van der Waals surface area contributed by atoms with Crippen molar-refractivity contribution in [3.63, 3.8) is 0 Å². The second-order valence-corrected chi connectivity index (χ2v) is 30.3. The molecule has 2 bridgehead atoms. The number of aliphatic hydroxyl groups is 8. The number of nitrogens with zero attached hydrogens (tertiary/aromatic N) is 3. The van der Waals surface area contributed by atoms with Gasteiger partial charge in [-0.2, -0.15) is 0 Å². The third-order valence-corrected chi connectivity index (χ3v) is 27.3. The topological polar surface area (TPSA) is 405 Å². The summed E-state index contributed by atoms with van der Waals surface area (Å²) in [6, 6.07) is -0.876. The van der Waals surface area contributed by atoms with Gasteiger partial charge in [0.15, 0.2) is 12.2 Å². The summed E-state index contributed by atoms with van der Waals surface area (Å²) in [6.45, 7) is 9.06. The molecule has 2 aromatic heterocycles. The SMILES string of the molecule is CN=C(N)NCCNCC(C(N)O)C(O)C(c1cnc[nH]1)C1NC(=O)C23CCCC2C#CC2C=C4C5CC(C)(CO)CCC5(C(=O)O)C5CNc6nc[nH]c6CC5C45CCCC24C2(C)C(CC13)C(O)C(OC1OCC(O)C(O)C1O)C(C)(CO)C2CCC54C. The van der Waals surface area contributed by atoms with Crippen molar-refractivity contribution in [1.82, 2.24) is 35.9 Å². The van der Waals surface area contributed by atoms with Gasteiger partial charge in [0.2, 0.25) is 5.91 Å². The maximum atomic E-state index is 16.0. The van der Waals surface area contributed by atoms with Crippen molar-refractivity contribution in [1.29, 1.82) is 0 Å². The number of allylic oxidation sites excluding steroid dienone is 2. The van der Waals surface area contributed by atoms with E-state index in [1.165, 1.54) is 6.33 Å². The van der Waals surface area contributed by atoms with Crippen molar-refractivity contribution < 1.29 is 65.0 Å². The molecule has 8 fully saturated rings. The number of imidazole rings is 2. The number of carboxylic acids is 1. The number of aliphatic carboxylic acids is 1. The van der Waals surface area contributed by atoms with Crippen molar-refractivity contribution in [2.75, 3.05) is 58.4 Å². The molecule has 27 atom stereocenters. The zero-order valence-corrected chi connectivity index (χ0v) is 52.1. The molecule has 24 heteroatoms. The summed E-state index contributed by atoms with van der Waals surface area (Å²) in [5.74, 6) is 1.79. The number of hydrogen-bond donors (Lipinski definition) is 17. The Labute approximate surface area is 520 Å². The summed E-state index contributed by atoms with van der Waals surface area (Å²) in [5.41, 5.74) is 7.37. The number of nitrogens with two attached hydrogens (primary N) is 2. The molecule has 3 spiro atoms. The predicted octanol–water partition coefficient (Wildman–Crippen LogP) is 0.635. The van der Waals surface area contributed by atoms with Gasteiger partial charge in [0.1, 0.15) is 30.4 Å². The quantitative estimate of drug-likeness (QED) is 0.0221. The molecule has 1 amide bonds. The smallest absolute Gasteiger partial charge is 0.310 e. The van der Waals surface area contributed by atoms with Crippen LogP contribution in [0.1, 0.15) is 122 Å². The Morgan fingerprint density at radius 2 is 1.73 bits per heavy atom. The summed E-state index contributed by atoms with van der Waals surface area (Å²) in [7, 11) is 1.57. The number of H-pyrrole nitrogens is 2. The standard InChI is InChI=1S/C65H97N11O13/c1-58(28-77)16-17-63(56(86)87)39(23-58)35-20-33-10-9-32-8-6-12-62(32)37(46(76-55(62)85)45(42-26-70-30-73-42)47(80)34(52(66)84)24-69-18-19-71-57(67)68-5)21-38-48(81)51(89-54-50(83)49(82)43(79)27-88-54)59(2,29-78)44-11-15-60(3)64(35,13-7-14-65(33,60)61(38,44)4)36-22-41-53(75-31-74-41)72-25-40(36)63/h20,26,30-34,36-40,43-52,54,69,72,77-84H,6-8,11-19,21-25,27-29,66H2,1-5H3,(H,70,73)(H,74,75)(H,76,85)(H,86,87)(H3,67,68,71). The van der Waals surface area contributed by atoms with Crippen LogP contribution in [-0.2, 0) is 25.5 Å². The molecule has 0 radical (unpaired) electrons. The number of fused-ring (bicyclic) bond motifs is 5. The molecule has 13 rings (SSSR count). The number of guanidine groups is 1. The van der Waals surface area contributed by atoms with E-state index in [0.717, 1.165) is 24.1 Å². The van der Waals surface area contributed by atoms with Crippen LogP contribution in [0.5, 0.6) is 0 Å². The molecule has 89 heavy (non-hydrogen) atoms. The highest BCUT2D eigenvalue weighted by molar-refractivity contribution is 5.87. The van der Waals surface area contributed by atoms with E-state index in [1.807, 2.05) is 6.92 Å². The first-order valence-corrected chi connectivity index (χ1v) is 33.0. The Morgan fingerprint density at radius 3 is 2.45 bits per heavy atom. The Bertz CT molecular complexity index is 3140. The van der Waals surface area contributed by atoms with Gasteiger partial charge in [0.05, 0.1) is 60.7 Å². The summed E-state index contributed by atoms with van der Waals surface area (Å²) in [5, 5.41) is 122. The van der Waals surface area contributed by atoms with E-state index in [-0.39, 0.29) is 49.9 Å². The zero-order chi connectivity index (χ0) is 63.2. The lowest BCUT2D eigenvalue weighted by molar-refractivity contribution is -0.366. The van der Waals surface area contributed by atoms with E-state index < -0.39 is 158 Å². The number of ether oxygens (including phenoxy) is 2. The Kier molecular flexibility index (Phi) is 15.9. The second kappa shape index (κ2) is 22.5. The number of aromatic amines is 2. The van der Waals surface area contributed by atoms with Gasteiger partial charge in [-0.25, -0.2) is 9.97 Å². The molecule has 27 unspecified atom stereocenters. The molecule has 11 aliphatic rings. The number of carbonyl (C=O) groups is 2. The number of aromatic nitrogens is 4. The van der Waals surface area contributed by atoms with Gasteiger partial charge >= 0.3 is 5.97 Å². The van der Waals surface area contributed by atoms with E-state index in [4.69, 9.17) is 25.9 Å². The first-order chi connectivity index (χ1) is 42.4. The molecule has 6 saturated carbocycles. The largest absolute Gasteiger partial charge is 0.481 e. The van der Waals surface area contributed by atoms with Crippen molar-refractivity contribution in [3.8, 4) is 11.8 Å². The van der Waals surface area contributed by atoms with E-state index in [1.54, 1.807) is 19.6 Å². The molecule has 8 aliphatic carbocycles. The molecule has 2 saturated heterocycles. The third-order valence-electron chi connectivity index (χ3n) is 27.3. The minimum Gasteiger partial charge on any atom is -0.481 e. The van der Waals surface area contributed by atoms with Crippen LogP contribution >= 0.6 is 0 Å². The molecular formula is C65H97N11O13. The minimum atomic E-state index is -1.73. The summed E-state index contributed by atoms with van der Waals surface area (Å²) in [4.78, 5) is 50.8. The van der Waals surface area contributed by atoms with Crippen LogP contribution < -0.4 is 32.7 Å².